The maximum absolute atomic E-state index is 12.5. The number of nitrogens with one attached hydrogen (secondary N) is 1. The Morgan fingerprint density at radius 3 is 2.40 bits per heavy atom. The number of amides is 1. The van der Waals surface area contributed by atoms with Crippen molar-refractivity contribution in [3.8, 4) is 11.5 Å². The molecule has 0 unspecified atom stereocenters. The fraction of sp³-hybridized carbons (Fsp3) is 0.381. The third kappa shape index (κ3) is 4.75. The van der Waals surface area contributed by atoms with Crippen molar-refractivity contribution in [3.63, 3.8) is 0 Å². The van der Waals surface area contributed by atoms with Crippen LogP contribution >= 0.6 is 0 Å². The lowest BCUT2D eigenvalue weighted by atomic mass is 10.0. The zero-order chi connectivity index (χ0) is 18.4. The third-order valence-corrected chi connectivity index (χ3v) is 4.47. The van der Waals surface area contributed by atoms with E-state index in [-0.39, 0.29) is 11.9 Å². The lowest BCUT2D eigenvalue weighted by molar-refractivity contribution is -0.128. The monoisotopic (exact) mass is 341 g/mol. The predicted octanol–water partition coefficient (Wildman–Crippen LogP) is 4.35. The average Bonchev–Trinajstić information content (AvgIpc) is 2.63. The summed E-state index contributed by atoms with van der Waals surface area (Å²) in [6, 6.07) is 13.6. The summed E-state index contributed by atoms with van der Waals surface area (Å²) in [4.78, 5) is 12.5. The number of hydrogen-bond donors (Lipinski definition) is 1. The molecule has 0 spiro atoms. The first-order valence-electron chi connectivity index (χ1n) is 8.63. The molecule has 0 heterocycles. The van der Waals surface area contributed by atoms with Gasteiger partial charge in [-0.2, -0.15) is 0 Å². The smallest absolute Gasteiger partial charge is 0.261 e. The fourth-order valence-electron chi connectivity index (χ4n) is 2.64. The molecule has 4 nitrogen and oxygen atoms in total. The van der Waals surface area contributed by atoms with Crippen LogP contribution in [0.4, 0.5) is 0 Å². The summed E-state index contributed by atoms with van der Waals surface area (Å²) in [6.45, 7) is 7.86. The molecule has 1 N–H and O–H groups in total. The van der Waals surface area contributed by atoms with Gasteiger partial charge in [0, 0.05) is 0 Å². The van der Waals surface area contributed by atoms with E-state index in [0.29, 0.717) is 0 Å². The largest absolute Gasteiger partial charge is 0.497 e. The molecule has 2 rings (SSSR count). The topological polar surface area (TPSA) is 47.6 Å². The highest BCUT2D eigenvalue weighted by atomic mass is 16.5. The first-order valence-corrected chi connectivity index (χ1v) is 8.63. The predicted molar refractivity (Wildman–Crippen MR) is 100 cm³/mol. The van der Waals surface area contributed by atoms with E-state index < -0.39 is 6.10 Å². The lowest BCUT2D eigenvalue weighted by Gasteiger charge is -2.22. The van der Waals surface area contributed by atoms with Crippen LogP contribution in [-0.2, 0) is 4.79 Å². The molecule has 0 radical (unpaired) electrons. The molecular formula is C21H27NO3. The second-order valence-corrected chi connectivity index (χ2v) is 6.20. The number of benzene rings is 2. The molecule has 1 amide bonds. The van der Waals surface area contributed by atoms with E-state index in [1.54, 1.807) is 14.0 Å². The minimum Gasteiger partial charge on any atom is -0.497 e. The molecule has 0 aliphatic rings. The molecule has 0 fully saturated rings. The molecule has 134 valence electrons. The van der Waals surface area contributed by atoms with Gasteiger partial charge in [-0.3, -0.25) is 4.79 Å². The molecule has 25 heavy (non-hydrogen) atoms. The van der Waals surface area contributed by atoms with Crippen molar-refractivity contribution < 1.29 is 14.3 Å². The van der Waals surface area contributed by atoms with E-state index in [0.717, 1.165) is 34.6 Å². The van der Waals surface area contributed by atoms with Gasteiger partial charge in [0.05, 0.1) is 13.2 Å². The molecule has 2 aromatic rings. The van der Waals surface area contributed by atoms with Gasteiger partial charge in [-0.25, -0.2) is 0 Å². The molecule has 0 saturated carbocycles. The van der Waals surface area contributed by atoms with Crippen molar-refractivity contribution in [3.05, 3.63) is 59.2 Å². The highest BCUT2D eigenvalue weighted by Gasteiger charge is 2.20. The van der Waals surface area contributed by atoms with Gasteiger partial charge in [0.25, 0.3) is 5.91 Å². The van der Waals surface area contributed by atoms with Gasteiger partial charge in [0.2, 0.25) is 0 Å². The number of hydrogen-bond acceptors (Lipinski definition) is 3. The normalized spacial score (nSPS) is 13.0. The number of carbonyl (C=O) groups is 1. The van der Waals surface area contributed by atoms with Gasteiger partial charge in [0.15, 0.2) is 6.10 Å². The van der Waals surface area contributed by atoms with Gasteiger partial charge in [-0.1, -0.05) is 31.2 Å². The van der Waals surface area contributed by atoms with Gasteiger partial charge >= 0.3 is 0 Å². The van der Waals surface area contributed by atoms with Crippen LogP contribution in [0.5, 0.6) is 11.5 Å². The number of rotatable bonds is 7. The van der Waals surface area contributed by atoms with Crippen LogP contribution in [0.3, 0.4) is 0 Å². The molecule has 0 bridgehead atoms. The zero-order valence-corrected chi connectivity index (χ0v) is 15.6. The van der Waals surface area contributed by atoms with E-state index in [1.165, 1.54) is 0 Å². The molecule has 0 saturated heterocycles. The number of aryl methyl sites for hydroxylation is 1. The molecule has 2 atom stereocenters. The van der Waals surface area contributed by atoms with Crippen molar-refractivity contribution in [2.24, 2.45) is 0 Å². The Bertz CT molecular complexity index is 710. The SMILES string of the molecule is CC[C@@H](NC(=O)[C@H](C)Oc1cccc(C)c1C)c1ccc(OC)cc1. The molecule has 0 aromatic heterocycles. The van der Waals surface area contributed by atoms with Crippen molar-refractivity contribution in [2.75, 3.05) is 7.11 Å². The number of ether oxygens (including phenoxy) is 2. The molecule has 0 aliphatic carbocycles. The van der Waals surface area contributed by atoms with E-state index in [1.807, 2.05) is 63.2 Å². The Labute approximate surface area is 150 Å². The summed E-state index contributed by atoms with van der Waals surface area (Å²) in [5.41, 5.74) is 3.26. The molecule has 4 heteroatoms. The van der Waals surface area contributed by atoms with E-state index in [2.05, 4.69) is 5.32 Å². The Kier molecular flexibility index (Phi) is 6.45. The Morgan fingerprint density at radius 2 is 1.80 bits per heavy atom. The molecular weight excluding hydrogens is 314 g/mol. The molecule has 0 aliphatic heterocycles. The Morgan fingerprint density at radius 1 is 1.12 bits per heavy atom. The van der Waals surface area contributed by atoms with Gasteiger partial charge in [-0.15, -0.1) is 0 Å². The highest BCUT2D eigenvalue weighted by Crippen LogP contribution is 2.23. The van der Waals surface area contributed by atoms with Crippen molar-refractivity contribution in [1.29, 1.82) is 0 Å². The maximum Gasteiger partial charge on any atom is 0.261 e. The minimum absolute atomic E-state index is 0.0527. The van der Waals surface area contributed by atoms with Crippen LogP contribution in [-0.4, -0.2) is 19.1 Å². The van der Waals surface area contributed by atoms with E-state index >= 15 is 0 Å². The summed E-state index contributed by atoms with van der Waals surface area (Å²) >= 11 is 0. The minimum atomic E-state index is -0.562. The first-order chi connectivity index (χ1) is 12.0. The zero-order valence-electron chi connectivity index (χ0n) is 15.6. The van der Waals surface area contributed by atoms with Crippen LogP contribution < -0.4 is 14.8 Å². The van der Waals surface area contributed by atoms with Crippen LogP contribution in [0, 0.1) is 13.8 Å². The lowest BCUT2D eigenvalue weighted by Crippen LogP contribution is -2.38. The van der Waals surface area contributed by atoms with Crippen molar-refractivity contribution >= 4 is 5.91 Å². The van der Waals surface area contributed by atoms with E-state index in [9.17, 15) is 4.79 Å². The Balaban J connectivity index is 2.03. The van der Waals surface area contributed by atoms with Crippen LogP contribution in [0.1, 0.15) is 43.0 Å². The summed E-state index contributed by atoms with van der Waals surface area (Å²) in [6.07, 6.45) is 0.238. The molecule has 2 aromatic carbocycles. The summed E-state index contributed by atoms with van der Waals surface area (Å²) in [5, 5.41) is 3.07. The van der Waals surface area contributed by atoms with Crippen molar-refractivity contribution in [1.82, 2.24) is 5.32 Å². The van der Waals surface area contributed by atoms with Crippen molar-refractivity contribution in [2.45, 2.75) is 46.3 Å². The van der Waals surface area contributed by atoms with Crippen LogP contribution in [0.15, 0.2) is 42.5 Å². The second kappa shape index (κ2) is 8.56. The van der Waals surface area contributed by atoms with Gasteiger partial charge in [-0.05, 0) is 62.1 Å². The maximum atomic E-state index is 12.5. The number of carbonyl (C=O) groups excluding carboxylic acids is 1. The third-order valence-electron chi connectivity index (χ3n) is 4.47. The fourth-order valence-corrected chi connectivity index (χ4v) is 2.64. The first kappa shape index (κ1) is 18.8. The summed E-state index contributed by atoms with van der Waals surface area (Å²) in [7, 11) is 1.64. The average molecular weight is 341 g/mol. The van der Waals surface area contributed by atoms with Crippen LogP contribution in [0.2, 0.25) is 0 Å². The summed E-state index contributed by atoms with van der Waals surface area (Å²) in [5.74, 6) is 1.43. The standard InChI is InChI=1S/C21H27NO3/c1-6-19(17-10-12-18(24-5)13-11-17)22-21(23)16(4)25-20-9-7-8-14(2)15(20)3/h7-13,16,19H,6H2,1-5H3,(H,22,23)/t16-,19+/m0/s1. The summed E-state index contributed by atoms with van der Waals surface area (Å²) < 4.78 is 11.1. The van der Waals surface area contributed by atoms with E-state index in [4.69, 9.17) is 9.47 Å². The van der Waals surface area contributed by atoms with Crippen LogP contribution in [0.25, 0.3) is 0 Å². The highest BCUT2D eigenvalue weighted by molar-refractivity contribution is 5.81. The van der Waals surface area contributed by atoms with Gasteiger partial charge in [0.1, 0.15) is 11.5 Å². The number of methoxy groups -OCH3 is 1. The second-order valence-electron chi connectivity index (χ2n) is 6.20. The Hall–Kier alpha value is -2.49. The van der Waals surface area contributed by atoms with Gasteiger partial charge < -0.3 is 14.8 Å². The quantitative estimate of drug-likeness (QED) is 0.814.